The highest BCUT2D eigenvalue weighted by atomic mass is 16.6. The van der Waals surface area contributed by atoms with E-state index in [2.05, 4.69) is 0 Å². The SMILES string of the molecule is Cn1c(=O)c2c(nc([C@H]3O[C@H](COCc4ccccc4)[C@@H](OCc4ccccc4)[C@H]3OCc3ccccc3)n2C)n(C)c1=O. The zero-order chi connectivity index (χ0) is 30.6. The first kappa shape index (κ1) is 29.7. The number of rotatable bonds is 11. The fraction of sp³-hybridized carbons (Fsp3) is 0.324. The van der Waals surface area contributed by atoms with E-state index in [-0.39, 0.29) is 12.3 Å². The Bertz CT molecular complexity index is 1820. The zero-order valence-corrected chi connectivity index (χ0v) is 25.0. The summed E-state index contributed by atoms with van der Waals surface area (Å²) in [6.45, 7) is 1.33. The summed E-state index contributed by atoms with van der Waals surface area (Å²) in [6, 6.07) is 29.8. The number of aryl methyl sites for hydroxylation is 2. The quantitative estimate of drug-likeness (QED) is 0.229. The topological polar surface area (TPSA) is 98.7 Å². The molecule has 228 valence electrons. The summed E-state index contributed by atoms with van der Waals surface area (Å²) in [7, 11) is 4.82. The van der Waals surface area contributed by atoms with E-state index in [9.17, 15) is 9.59 Å². The largest absolute Gasteiger partial charge is 0.374 e. The summed E-state index contributed by atoms with van der Waals surface area (Å²) in [4.78, 5) is 30.7. The second-order valence-electron chi connectivity index (χ2n) is 11.0. The fourth-order valence-corrected chi connectivity index (χ4v) is 5.64. The summed E-state index contributed by atoms with van der Waals surface area (Å²) in [5.41, 5.74) is 2.78. The number of nitrogens with zero attached hydrogens (tertiary/aromatic N) is 4. The lowest BCUT2D eigenvalue weighted by atomic mass is 10.1. The molecule has 2 aromatic heterocycles. The van der Waals surface area contributed by atoms with Crippen molar-refractivity contribution < 1.29 is 18.9 Å². The van der Waals surface area contributed by atoms with Gasteiger partial charge in [0.1, 0.15) is 30.2 Å². The average Bonchev–Trinajstić information content (AvgIpc) is 3.58. The molecular formula is C34H36N4O6. The van der Waals surface area contributed by atoms with E-state index in [0.717, 1.165) is 21.3 Å². The molecule has 3 heterocycles. The van der Waals surface area contributed by atoms with Crippen LogP contribution in [0.5, 0.6) is 0 Å². The third kappa shape index (κ3) is 6.02. The third-order valence-electron chi connectivity index (χ3n) is 8.04. The molecule has 0 unspecified atom stereocenters. The van der Waals surface area contributed by atoms with Gasteiger partial charge in [0.15, 0.2) is 11.2 Å². The van der Waals surface area contributed by atoms with Crippen LogP contribution in [0.2, 0.25) is 0 Å². The highest BCUT2D eigenvalue weighted by molar-refractivity contribution is 5.71. The van der Waals surface area contributed by atoms with Crippen LogP contribution in [0.4, 0.5) is 0 Å². The number of ether oxygens (including phenoxy) is 4. The molecule has 10 heteroatoms. The van der Waals surface area contributed by atoms with Gasteiger partial charge in [-0.15, -0.1) is 0 Å². The highest BCUT2D eigenvalue weighted by Gasteiger charge is 2.49. The highest BCUT2D eigenvalue weighted by Crippen LogP contribution is 2.38. The first-order chi connectivity index (χ1) is 21.4. The lowest BCUT2D eigenvalue weighted by Crippen LogP contribution is -2.38. The van der Waals surface area contributed by atoms with E-state index < -0.39 is 35.7 Å². The maximum absolute atomic E-state index is 13.2. The number of aromatic nitrogens is 4. The molecule has 5 aromatic rings. The Morgan fingerprint density at radius 3 is 1.77 bits per heavy atom. The van der Waals surface area contributed by atoms with Crippen molar-refractivity contribution in [3.8, 4) is 0 Å². The van der Waals surface area contributed by atoms with Crippen molar-refractivity contribution in [2.24, 2.45) is 21.1 Å². The Hall–Kier alpha value is -4.35. The molecule has 0 N–H and O–H groups in total. The molecule has 10 nitrogen and oxygen atoms in total. The second-order valence-corrected chi connectivity index (χ2v) is 11.0. The molecule has 0 spiro atoms. The summed E-state index contributed by atoms with van der Waals surface area (Å²) < 4.78 is 30.2. The van der Waals surface area contributed by atoms with Gasteiger partial charge in [-0.2, -0.15) is 0 Å². The lowest BCUT2D eigenvalue weighted by Gasteiger charge is -2.25. The third-order valence-corrected chi connectivity index (χ3v) is 8.04. The Labute approximate surface area is 255 Å². The summed E-state index contributed by atoms with van der Waals surface area (Å²) >= 11 is 0. The molecular weight excluding hydrogens is 560 g/mol. The Morgan fingerprint density at radius 1 is 0.682 bits per heavy atom. The van der Waals surface area contributed by atoms with Gasteiger partial charge in [0.25, 0.3) is 5.56 Å². The van der Waals surface area contributed by atoms with Gasteiger partial charge in [0.05, 0.1) is 26.4 Å². The zero-order valence-electron chi connectivity index (χ0n) is 25.0. The minimum Gasteiger partial charge on any atom is -0.374 e. The molecule has 4 atom stereocenters. The summed E-state index contributed by atoms with van der Waals surface area (Å²) in [6.07, 6.45) is -2.33. The van der Waals surface area contributed by atoms with Gasteiger partial charge >= 0.3 is 5.69 Å². The summed E-state index contributed by atoms with van der Waals surface area (Å²) in [5.74, 6) is 0.468. The average molecular weight is 597 g/mol. The fourth-order valence-electron chi connectivity index (χ4n) is 5.64. The molecule has 0 bridgehead atoms. The number of benzene rings is 3. The molecule has 0 radical (unpaired) electrons. The van der Waals surface area contributed by atoms with E-state index in [0.29, 0.717) is 31.2 Å². The Balaban J connectivity index is 1.37. The molecule has 0 saturated carbocycles. The number of imidazole rings is 1. The molecule has 0 amide bonds. The molecule has 44 heavy (non-hydrogen) atoms. The van der Waals surface area contributed by atoms with Crippen LogP contribution >= 0.6 is 0 Å². The first-order valence-electron chi connectivity index (χ1n) is 14.6. The van der Waals surface area contributed by atoms with Gasteiger partial charge in [-0.05, 0) is 16.7 Å². The number of fused-ring (bicyclic) bond motifs is 1. The van der Waals surface area contributed by atoms with Crippen molar-refractivity contribution in [3.05, 3.63) is 134 Å². The van der Waals surface area contributed by atoms with E-state index in [1.165, 1.54) is 11.6 Å². The predicted octanol–water partition coefficient (Wildman–Crippen LogP) is 3.80. The van der Waals surface area contributed by atoms with Crippen molar-refractivity contribution >= 4 is 11.2 Å². The van der Waals surface area contributed by atoms with Crippen LogP contribution in [-0.4, -0.2) is 43.6 Å². The maximum atomic E-state index is 13.2. The van der Waals surface area contributed by atoms with E-state index in [1.807, 2.05) is 91.0 Å². The molecule has 1 fully saturated rings. The van der Waals surface area contributed by atoms with Crippen molar-refractivity contribution in [3.63, 3.8) is 0 Å². The molecule has 0 aliphatic carbocycles. The van der Waals surface area contributed by atoms with Gasteiger partial charge in [-0.3, -0.25) is 13.9 Å². The van der Waals surface area contributed by atoms with Crippen LogP contribution in [0.25, 0.3) is 11.2 Å². The van der Waals surface area contributed by atoms with Crippen LogP contribution in [0, 0.1) is 0 Å². The van der Waals surface area contributed by atoms with Crippen molar-refractivity contribution in [1.82, 2.24) is 18.7 Å². The van der Waals surface area contributed by atoms with Gasteiger partial charge in [0.2, 0.25) is 0 Å². The minimum absolute atomic E-state index is 0.250. The summed E-state index contributed by atoms with van der Waals surface area (Å²) in [5, 5.41) is 0. The van der Waals surface area contributed by atoms with E-state index >= 15 is 0 Å². The maximum Gasteiger partial charge on any atom is 0.332 e. The first-order valence-corrected chi connectivity index (χ1v) is 14.6. The lowest BCUT2D eigenvalue weighted by molar-refractivity contribution is -0.0899. The normalized spacial score (nSPS) is 20.0. The molecule has 1 aliphatic heterocycles. The van der Waals surface area contributed by atoms with E-state index in [1.54, 1.807) is 18.7 Å². The van der Waals surface area contributed by atoms with Crippen LogP contribution in [0.15, 0.2) is 101 Å². The minimum atomic E-state index is -0.706. The molecule has 1 aliphatic rings. The predicted molar refractivity (Wildman–Crippen MR) is 165 cm³/mol. The Kier molecular flexibility index (Phi) is 8.85. The van der Waals surface area contributed by atoms with Gasteiger partial charge in [-0.25, -0.2) is 9.78 Å². The van der Waals surface area contributed by atoms with E-state index in [4.69, 9.17) is 23.9 Å². The number of hydrogen-bond donors (Lipinski definition) is 0. The van der Waals surface area contributed by atoms with Gasteiger partial charge < -0.3 is 23.5 Å². The number of hydrogen-bond acceptors (Lipinski definition) is 7. The van der Waals surface area contributed by atoms with Gasteiger partial charge in [-0.1, -0.05) is 91.0 Å². The van der Waals surface area contributed by atoms with Crippen molar-refractivity contribution in [1.29, 1.82) is 0 Å². The smallest absolute Gasteiger partial charge is 0.332 e. The van der Waals surface area contributed by atoms with Gasteiger partial charge in [0, 0.05) is 21.1 Å². The van der Waals surface area contributed by atoms with Crippen molar-refractivity contribution in [2.75, 3.05) is 6.61 Å². The monoisotopic (exact) mass is 596 g/mol. The Morgan fingerprint density at radius 2 is 1.20 bits per heavy atom. The van der Waals surface area contributed by atoms with Crippen LogP contribution in [0.3, 0.4) is 0 Å². The van der Waals surface area contributed by atoms with Crippen LogP contribution in [0.1, 0.15) is 28.6 Å². The molecule has 6 rings (SSSR count). The second kappa shape index (κ2) is 13.1. The molecule has 1 saturated heterocycles. The van der Waals surface area contributed by atoms with Crippen LogP contribution < -0.4 is 11.2 Å². The van der Waals surface area contributed by atoms with Crippen LogP contribution in [-0.2, 0) is 59.9 Å². The standard InChI is InChI=1S/C34H36N4O6/c1-36-27-31(37(2)34(40)38(3)33(27)39)35-32(36)30-29(43-21-25-17-11-6-12-18-25)28(42-20-24-15-9-5-10-16-24)26(44-30)22-41-19-23-13-7-4-8-14-23/h4-18,26,28-30H,19-22H2,1-3H3/t26-,28-,29-,30+/m1/s1. The van der Waals surface area contributed by atoms with Crippen molar-refractivity contribution in [2.45, 2.75) is 44.2 Å². The molecule has 3 aromatic carbocycles.